The second-order valence-electron chi connectivity index (χ2n) is 7.89. The normalized spacial score (nSPS) is 36.2. The van der Waals surface area contributed by atoms with Crippen LogP contribution in [-0.4, -0.2) is 35.3 Å². The van der Waals surface area contributed by atoms with E-state index in [9.17, 15) is 9.59 Å². The van der Waals surface area contributed by atoms with Crippen LogP contribution in [0.1, 0.15) is 47.0 Å². The SMILES string of the molecule is CC(C)C1C(=O)NC(C2CC2)C(=O)N1CC1CC1(C)C. The highest BCUT2D eigenvalue weighted by Crippen LogP contribution is 2.52. The lowest BCUT2D eigenvalue weighted by Crippen LogP contribution is -2.65. The minimum Gasteiger partial charge on any atom is -0.342 e. The predicted octanol–water partition coefficient (Wildman–Crippen LogP) is 1.79. The van der Waals surface area contributed by atoms with E-state index in [1.807, 2.05) is 18.7 Å². The van der Waals surface area contributed by atoms with Crippen molar-refractivity contribution in [2.24, 2.45) is 23.2 Å². The van der Waals surface area contributed by atoms with E-state index in [4.69, 9.17) is 0 Å². The van der Waals surface area contributed by atoms with Gasteiger partial charge in [-0.05, 0) is 42.4 Å². The number of carbonyl (C=O) groups is 2. The lowest BCUT2D eigenvalue weighted by molar-refractivity contribution is -0.152. The van der Waals surface area contributed by atoms with Crippen molar-refractivity contribution in [2.45, 2.75) is 59.0 Å². The monoisotopic (exact) mass is 278 g/mol. The third-order valence-electron chi connectivity index (χ3n) is 5.31. The van der Waals surface area contributed by atoms with Gasteiger partial charge in [0, 0.05) is 6.54 Å². The summed E-state index contributed by atoms with van der Waals surface area (Å²) in [6.07, 6.45) is 3.31. The van der Waals surface area contributed by atoms with Gasteiger partial charge in [0.05, 0.1) is 0 Å². The van der Waals surface area contributed by atoms with Crippen molar-refractivity contribution in [2.75, 3.05) is 6.54 Å². The van der Waals surface area contributed by atoms with Crippen molar-refractivity contribution in [3.63, 3.8) is 0 Å². The summed E-state index contributed by atoms with van der Waals surface area (Å²) in [6.45, 7) is 9.30. The van der Waals surface area contributed by atoms with Crippen LogP contribution in [0.4, 0.5) is 0 Å². The van der Waals surface area contributed by atoms with Gasteiger partial charge in [0.1, 0.15) is 12.1 Å². The highest BCUT2D eigenvalue weighted by atomic mass is 16.2. The molecule has 3 atom stereocenters. The van der Waals surface area contributed by atoms with E-state index in [1.54, 1.807) is 0 Å². The standard InChI is InChI=1S/C16H26N2O2/c1-9(2)13-14(19)17-12(10-5-6-10)15(20)18(13)8-11-7-16(11,3)4/h9-13H,5-8H2,1-4H3,(H,17,19). The van der Waals surface area contributed by atoms with Gasteiger partial charge in [0.2, 0.25) is 11.8 Å². The Balaban J connectivity index is 1.79. The van der Waals surface area contributed by atoms with Gasteiger partial charge in [-0.3, -0.25) is 9.59 Å². The van der Waals surface area contributed by atoms with Crippen LogP contribution in [0.2, 0.25) is 0 Å². The number of piperazine rings is 1. The van der Waals surface area contributed by atoms with Crippen LogP contribution >= 0.6 is 0 Å². The molecule has 1 saturated heterocycles. The molecule has 0 aromatic carbocycles. The summed E-state index contributed by atoms with van der Waals surface area (Å²) < 4.78 is 0. The zero-order chi connectivity index (χ0) is 14.7. The molecule has 0 spiro atoms. The number of hydrogen-bond donors (Lipinski definition) is 1. The molecule has 3 rings (SSSR count). The van der Waals surface area contributed by atoms with Gasteiger partial charge in [-0.25, -0.2) is 0 Å². The Kier molecular flexibility index (Phi) is 3.11. The molecular weight excluding hydrogens is 252 g/mol. The Morgan fingerprint density at radius 3 is 2.35 bits per heavy atom. The first-order chi connectivity index (χ1) is 9.31. The van der Waals surface area contributed by atoms with E-state index in [1.165, 1.54) is 0 Å². The van der Waals surface area contributed by atoms with Crippen LogP contribution < -0.4 is 5.32 Å². The molecule has 2 aliphatic carbocycles. The Hall–Kier alpha value is -1.06. The molecule has 1 N–H and O–H groups in total. The summed E-state index contributed by atoms with van der Waals surface area (Å²) in [4.78, 5) is 27.0. The highest BCUT2D eigenvalue weighted by Gasteiger charge is 2.52. The zero-order valence-corrected chi connectivity index (χ0v) is 13.0. The average Bonchev–Trinajstić information content (AvgIpc) is 3.22. The second kappa shape index (κ2) is 4.47. The molecule has 0 radical (unpaired) electrons. The highest BCUT2D eigenvalue weighted by molar-refractivity contribution is 5.97. The molecule has 4 heteroatoms. The van der Waals surface area contributed by atoms with Gasteiger partial charge in [-0.15, -0.1) is 0 Å². The molecule has 2 amide bonds. The first kappa shape index (κ1) is 13.9. The number of amides is 2. The maximum atomic E-state index is 12.8. The summed E-state index contributed by atoms with van der Waals surface area (Å²) in [6, 6.07) is -0.534. The van der Waals surface area contributed by atoms with Crippen LogP contribution in [0.15, 0.2) is 0 Å². The quantitative estimate of drug-likeness (QED) is 0.852. The third-order valence-corrected chi connectivity index (χ3v) is 5.31. The molecule has 0 bridgehead atoms. The summed E-state index contributed by atoms with van der Waals surface area (Å²) >= 11 is 0. The summed E-state index contributed by atoms with van der Waals surface area (Å²) in [5.41, 5.74) is 0.338. The van der Waals surface area contributed by atoms with Crippen molar-refractivity contribution in [3.8, 4) is 0 Å². The fourth-order valence-corrected chi connectivity index (χ4v) is 3.50. The number of hydrogen-bond acceptors (Lipinski definition) is 2. The van der Waals surface area contributed by atoms with Crippen molar-refractivity contribution in [3.05, 3.63) is 0 Å². The van der Waals surface area contributed by atoms with Gasteiger partial charge in [-0.2, -0.15) is 0 Å². The molecular formula is C16H26N2O2. The predicted molar refractivity (Wildman–Crippen MR) is 76.9 cm³/mol. The summed E-state index contributed by atoms with van der Waals surface area (Å²) in [5, 5.41) is 2.97. The molecule has 0 aromatic heterocycles. The average molecular weight is 278 g/mol. The number of nitrogens with zero attached hydrogens (tertiary/aromatic N) is 1. The first-order valence-electron chi connectivity index (χ1n) is 7.92. The number of carbonyl (C=O) groups excluding carboxylic acids is 2. The van der Waals surface area contributed by atoms with E-state index >= 15 is 0 Å². The van der Waals surface area contributed by atoms with Crippen molar-refractivity contribution < 1.29 is 9.59 Å². The third kappa shape index (κ3) is 2.33. The maximum Gasteiger partial charge on any atom is 0.246 e. The second-order valence-corrected chi connectivity index (χ2v) is 7.89. The van der Waals surface area contributed by atoms with Crippen molar-refractivity contribution in [1.29, 1.82) is 0 Å². The maximum absolute atomic E-state index is 12.8. The van der Waals surface area contributed by atoms with Crippen molar-refractivity contribution in [1.82, 2.24) is 10.2 Å². The molecule has 3 fully saturated rings. The topological polar surface area (TPSA) is 49.4 Å². The minimum atomic E-state index is -0.283. The van der Waals surface area contributed by atoms with Crippen LogP contribution in [0.3, 0.4) is 0 Å². The first-order valence-corrected chi connectivity index (χ1v) is 7.92. The van der Waals surface area contributed by atoms with E-state index in [-0.39, 0.29) is 29.8 Å². The molecule has 112 valence electrons. The zero-order valence-electron chi connectivity index (χ0n) is 13.0. The van der Waals surface area contributed by atoms with E-state index in [0.717, 1.165) is 25.8 Å². The molecule has 1 heterocycles. The molecule has 3 unspecified atom stereocenters. The number of nitrogens with one attached hydrogen (secondary N) is 1. The Morgan fingerprint density at radius 1 is 1.30 bits per heavy atom. The van der Waals surface area contributed by atoms with Crippen molar-refractivity contribution >= 4 is 11.8 Å². The van der Waals surface area contributed by atoms with Gasteiger partial charge in [0.25, 0.3) is 0 Å². The Labute approximate surface area is 121 Å². The molecule has 4 nitrogen and oxygen atoms in total. The summed E-state index contributed by atoms with van der Waals surface area (Å²) in [5.74, 6) is 1.32. The van der Waals surface area contributed by atoms with E-state index < -0.39 is 0 Å². The van der Waals surface area contributed by atoms with Gasteiger partial charge >= 0.3 is 0 Å². The molecule has 3 aliphatic rings. The van der Waals surface area contributed by atoms with Crippen LogP contribution in [0.25, 0.3) is 0 Å². The molecule has 2 saturated carbocycles. The lowest BCUT2D eigenvalue weighted by Gasteiger charge is -2.41. The number of rotatable bonds is 4. The molecule has 0 aromatic rings. The molecule has 20 heavy (non-hydrogen) atoms. The minimum absolute atomic E-state index is 0.0509. The largest absolute Gasteiger partial charge is 0.342 e. The van der Waals surface area contributed by atoms with Gasteiger partial charge in [0.15, 0.2) is 0 Å². The summed E-state index contributed by atoms with van der Waals surface area (Å²) in [7, 11) is 0. The fraction of sp³-hybridized carbons (Fsp3) is 0.875. The fourth-order valence-electron chi connectivity index (χ4n) is 3.50. The van der Waals surface area contributed by atoms with E-state index in [2.05, 4.69) is 19.2 Å². The van der Waals surface area contributed by atoms with Crippen LogP contribution in [0, 0.1) is 23.2 Å². The van der Waals surface area contributed by atoms with Crippen LogP contribution in [0.5, 0.6) is 0 Å². The smallest absolute Gasteiger partial charge is 0.246 e. The van der Waals surface area contributed by atoms with E-state index in [0.29, 0.717) is 17.3 Å². The lowest BCUT2D eigenvalue weighted by atomic mass is 9.94. The van der Waals surface area contributed by atoms with Crippen LogP contribution in [-0.2, 0) is 9.59 Å². The Morgan fingerprint density at radius 2 is 1.90 bits per heavy atom. The van der Waals surface area contributed by atoms with Gasteiger partial charge in [-0.1, -0.05) is 27.7 Å². The molecule has 1 aliphatic heterocycles. The Bertz CT molecular complexity index is 440. The van der Waals surface area contributed by atoms with Gasteiger partial charge < -0.3 is 10.2 Å².